The Hall–Kier alpha value is -1.21. The van der Waals surface area contributed by atoms with Crippen LogP contribution in [0.15, 0.2) is 0 Å². The molecule has 0 aliphatic heterocycles. The molecular formula is C12H20N4O2S. The average molecular weight is 284 g/mol. The molecule has 1 saturated carbocycles. The maximum atomic E-state index is 12.4. The second-order valence-electron chi connectivity index (χ2n) is 4.56. The van der Waals surface area contributed by atoms with Crippen molar-refractivity contribution < 1.29 is 9.53 Å². The highest BCUT2D eigenvalue weighted by molar-refractivity contribution is 7.17. The van der Waals surface area contributed by atoms with Crippen LogP contribution in [0.1, 0.15) is 36.0 Å². The van der Waals surface area contributed by atoms with Crippen LogP contribution >= 0.6 is 11.3 Å². The predicted octanol–water partition coefficient (Wildman–Crippen LogP) is 1.61. The Labute approximate surface area is 117 Å². The average Bonchev–Trinajstić information content (AvgIpc) is 3.14. The Morgan fingerprint density at radius 2 is 2.32 bits per heavy atom. The Balaban J connectivity index is 1.97. The molecule has 7 heteroatoms. The monoisotopic (exact) mass is 284 g/mol. The molecule has 19 heavy (non-hydrogen) atoms. The van der Waals surface area contributed by atoms with E-state index in [-0.39, 0.29) is 5.91 Å². The fourth-order valence-electron chi connectivity index (χ4n) is 1.76. The van der Waals surface area contributed by atoms with Crippen molar-refractivity contribution in [1.29, 1.82) is 0 Å². The number of carbonyl (C=O) groups is 1. The molecule has 1 heterocycles. The molecule has 1 aromatic heterocycles. The number of rotatable bonds is 8. The van der Waals surface area contributed by atoms with Crippen LogP contribution in [-0.4, -0.2) is 53.9 Å². The van der Waals surface area contributed by atoms with Gasteiger partial charge in [-0.2, -0.15) is 0 Å². The number of nitrogens with zero attached hydrogens (tertiary/aromatic N) is 3. The normalized spacial score (nSPS) is 14.4. The summed E-state index contributed by atoms with van der Waals surface area (Å²) in [6, 6.07) is 0.360. The summed E-state index contributed by atoms with van der Waals surface area (Å²) in [6.45, 7) is 4.11. The summed E-state index contributed by atoms with van der Waals surface area (Å²) in [5.41, 5.74) is 0. The molecule has 1 N–H and O–H groups in total. The van der Waals surface area contributed by atoms with Crippen molar-refractivity contribution in [1.82, 2.24) is 15.1 Å². The lowest BCUT2D eigenvalue weighted by molar-refractivity contribution is 0.0679. The third-order valence-electron chi connectivity index (χ3n) is 2.92. The Morgan fingerprint density at radius 1 is 1.53 bits per heavy atom. The van der Waals surface area contributed by atoms with Crippen molar-refractivity contribution in [3.63, 3.8) is 0 Å². The topological polar surface area (TPSA) is 67.4 Å². The van der Waals surface area contributed by atoms with Crippen LogP contribution in [0.2, 0.25) is 0 Å². The van der Waals surface area contributed by atoms with Gasteiger partial charge in [0.1, 0.15) is 0 Å². The molecule has 0 saturated heterocycles. The highest BCUT2D eigenvalue weighted by Crippen LogP contribution is 2.29. The molecule has 1 fully saturated rings. The summed E-state index contributed by atoms with van der Waals surface area (Å²) < 4.78 is 5.06. The van der Waals surface area contributed by atoms with Crippen molar-refractivity contribution in [3.8, 4) is 0 Å². The van der Waals surface area contributed by atoms with Gasteiger partial charge in [0.05, 0.1) is 6.61 Å². The second-order valence-corrected chi connectivity index (χ2v) is 5.54. The van der Waals surface area contributed by atoms with Gasteiger partial charge in [-0.05, 0) is 19.3 Å². The number of anilines is 1. The second kappa shape index (κ2) is 6.81. The zero-order chi connectivity index (χ0) is 13.7. The summed E-state index contributed by atoms with van der Waals surface area (Å²) >= 11 is 1.32. The third-order valence-corrected chi connectivity index (χ3v) is 3.79. The van der Waals surface area contributed by atoms with E-state index in [1.165, 1.54) is 11.3 Å². The minimum Gasteiger partial charge on any atom is -0.383 e. The lowest BCUT2D eigenvalue weighted by atomic mass is 10.4. The Bertz CT molecular complexity index is 420. The fraction of sp³-hybridized carbons (Fsp3) is 0.750. The first-order chi connectivity index (χ1) is 9.26. The molecule has 6 nitrogen and oxygen atoms in total. The quantitative estimate of drug-likeness (QED) is 0.785. The van der Waals surface area contributed by atoms with E-state index in [0.29, 0.717) is 29.3 Å². The minimum absolute atomic E-state index is 0.0263. The van der Waals surface area contributed by atoms with Crippen LogP contribution in [0, 0.1) is 0 Å². The molecule has 1 amide bonds. The molecule has 1 aliphatic rings. The van der Waals surface area contributed by atoms with Gasteiger partial charge in [-0.1, -0.05) is 18.3 Å². The van der Waals surface area contributed by atoms with E-state index >= 15 is 0 Å². The van der Waals surface area contributed by atoms with Gasteiger partial charge in [-0.25, -0.2) is 0 Å². The molecule has 2 rings (SSSR count). The smallest absolute Gasteiger partial charge is 0.285 e. The third kappa shape index (κ3) is 3.87. The van der Waals surface area contributed by atoms with Gasteiger partial charge in [0.25, 0.3) is 5.91 Å². The van der Waals surface area contributed by atoms with E-state index in [1.54, 1.807) is 7.11 Å². The molecule has 0 unspecified atom stereocenters. The molecule has 106 valence electrons. The van der Waals surface area contributed by atoms with Crippen LogP contribution in [0.4, 0.5) is 5.13 Å². The number of methoxy groups -OCH3 is 1. The van der Waals surface area contributed by atoms with Crippen LogP contribution in [0.3, 0.4) is 0 Å². The maximum Gasteiger partial charge on any atom is 0.285 e. The minimum atomic E-state index is -0.0263. The molecule has 0 spiro atoms. The van der Waals surface area contributed by atoms with E-state index in [2.05, 4.69) is 22.4 Å². The molecule has 1 aromatic rings. The first-order valence-electron chi connectivity index (χ1n) is 6.63. The molecule has 0 atom stereocenters. The van der Waals surface area contributed by atoms with Crippen molar-refractivity contribution >= 4 is 22.4 Å². The summed E-state index contributed by atoms with van der Waals surface area (Å²) in [6.07, 6.45) is 3.18. The summed E-state index contributed by atoms with van der Waals surface area (Å²) in [7, 11) is 1.65. The molecule has 0 bridgehead atoms. The number of hydrogen-bond acceptors (Lipinski definition) is 6. The van der Waals surface area contributed by atoms with E-state index in [0.717, 1.165) is 25.8 Å². The standard InChI is InChI=1S/C12H20N4O2S/c1-3-6-13-12-15-14-10(19-12)11(17)16(7-8-18-2)9-4-5-9/h9H,3-8H2,1-2H3,(H,13,15). The number of aromatic nitrogens is 2. The first-order valence-corrected chi connectivity index (χ1v) is 7.45. The lowest BCUT2D eigenvalue weighted by Gasteiger charge is -2.20. The number of carbonyl (C=O) groups excluding carboxylic acids is 1. The number of ether oxygens (including phenoxy) is 1. The molecule has 0 radical (unpaired) electrons. The van der Waals surface area contributed by atoms with Crippen LogP contribution in [-0.2, 0) is 4.74 Å². The van der Waals surface area contributed by atoms with Gasteiger partial charge < -0.3 is 15.0 Å². The van der Waals surface area contributed by atoms with E-state index in [4.69, 9.17) is 4.74 Å². The fourth-order valence-corrected chi connectivity index (χ4v) is 2.49. The Morgan fingerprint density at radius 3 is 2.95 bits per heavy atom. The number of nitrogens with one attached hydrogen (secondary N) is 1. The van der Waals surface area contributed by atoms with Crippen LogP contribution < -0.4 is 5.32 Å². The Kier molecular flexibility index (Phi) is 5.09. The predicted molar refractivity (Wildman–Crippen MR) is 74.6 cm³/mol. The largest absolute Gasteiger partial charge is 0.383 e. The summed E-state index contributed by atoms with van der Waals surface area (Å²) in [5.74, 6) is -0.0263. The van der Waals surface area contributed by atoms with Crippen LogP contribution in [0.25, 0.3) is 0 Å². The molecular weight excluding hydrogens is 264 g/mol. The van der Waals surface area contributed by atoms with Crippen molar-refractivity contribution in [2.75, 3.05) is 32.1 Å². The SMILES string of the molecule is CCCNc1nnc(C(=O)N(CCOC)C2CC2)s1. The van der Waals surface area contributed by atoms with Gasteiger partial charge in [0.2, 0.25) is 10.1 Å². The van der Waals surface area contributed by atoms with E-state index < -0.39 is 0 Å². The summed E-state index contributed by atoms with van der Waals surface area (Å²) in [4.78, 5) is 14.2. The van der Waals surface area contributed by atoms with Gasteiger partial charge in [-0.3, -0.25) is 4.79 Å². The molecule has 0 aromatic carbocycles. The summed E-state index contributed by atoms with van der Waals surface area (Å²) in [5, 5.41) is 12.3. The van der Waals surface area contributed by atoms with Gasteiger partial charge in [0, 0.05) is 26.2 Å². The highest BCUT2D eigenvalue weighted by atomic mass is 32.1. The van der Waals surface area contributed by atoms with Gasteiger partial charge >= 0.3 is 0 Å². The van der Waals surface area contributed by atoms with Gasteiger partial charge in [0.15, 0.2) is 0 Å². The van der Waals surface area contributed by atoms with E-state index in [1.807, 2.05) is 4.90 Å². The van der Waals surface area contributed by atoms with Gasteiger partial charge in [-0.15, -0.1) is 10.2 Å². The highest BCUT2D eigenvalue weighted by Gasteiger charge is 2.34. The lowest BCUT2D eigenvalue weighted by Crippen LogP contribution is -2.35. The first kappa shape index (κ1) is 14.2. The molecule has 1 aliphatic carbocycles. The van der Waals surface area contributed by atoms with Crippen molar-refractivity contribution in [2.45, 2.75) is 32.2 Å². The van der Waals surface area contributed by atoms with E-state index in [9.17, 15) is 4.79 Å². The van der Waals surface area contributed by atoms with Crippen molar-refractivity contribution in [3.05, 3.63) is 5.01 Å². The van der Waals surface area contributed by atoms with Crippen molar-refractivity contribution in [2.24, 2.45) is 0 Å². The number of amides is 1. The zero-order valence-electron chi connectivity index (χ0n) is 11.4. The zero-order valence-corrected chi connectivity index (χ0v) is 12.2. The number of hydrogen-bond donors (Lipinski definition) is 1. The maximum absolute atomic E-state index is 12.4. The van der Waals surface area contributed by atoms with Crippen LogP contribution in [0.5, 0.6) is 0 Å².